The van der Waals surface area contributed by atoms with Gasteiger partial charge in [-0.05, 0) is 51.1 Å². The molecule has 1 rings (SSSR count). The first-order valence-corrected chi connectivity index (χ1v) is 8.17. The summed E-state index contributed by atoms with van der Waals surface area (Å²) in [6.07, 6.45) is 2.37. The van der Waals surface area contributed by atoms with Crippen molar-refractivity contribution in [2.24, 2.45) is 11.3 Å². The Morgan fingerprint density at radius 1 is 1.24 bits per heavy atom. The predicted octanol–water partition coefficient (Wildman–Crippen LogP) is 5.12. The van der Waals surface area contributed by atoms with Crippen molar-refractivity contribution in [3.63, 3.8) is 0 Å². The topological polar surface area (TPSA) is 21.3 Å². The Labute approximate surface area is 131 Å². The van der Waals surface area contributed by atoms with E-state index in [4.69, 9.17) is 4.74 Å². The van der Waals surface area contributed by atoms with E-state index in [2.05, 4.69) is 58.1 Å². The molecule has 1 aromatic carbocycles. The van der Waals surface area contributed by atoms with E-state index >= 15 is 0 Å². The molecule has 21 heavy (non-hydrogen) atoms. The van der Waals surface area contributed by atoms with Crippen molar-refractivity contribution in [1.29, 1.82) is 0 Å². The summed E-state index contributed by atoms with van der Waals surface area (Å²) < 4.78 is 5.82. The van der Waals surface area contributed by atoms with Crippen LogP contribution in [-0.2, 0) is 0 Å². The van der Waals surface area contributed by atoms with Gasteiger partial charge >= 0.3 is 0 Å². The number of rotatable bonds is 7. The monoisotopic (exact) mass is 291 g/mol. The fourth-order valence-corrected chi connectivity index (χ4v) is 3.16. The molecule has 0 aromatic heterocycles. The average Bonchev–Trinajstić information content (AvgIpc) is 2.36. The molecule has 0 spiro atoms. The lowest BCUT2D eigenvalue weighted by Crippen LogP contribution is -2.22. The number of ether oxygens (including phenoxy) is 1. The van der Waals surface area contributed by atoms with Gasteiger partial charge in [0.15, 0.2) is 0 Å². The molecule has 0 aliphatic rings. The number of aryl methyl sites for hydroxylation is 1. The molecule has 0 saturated carbocycles. The Balaban J connectivity index is 2.91. The molecule has 0 bridgehead atoms. The van der Waals surface area contributed by atoms with E-state index in [-0.39, 0.29) is 0 Å². The minimum Gasteiger partial charge on any atom is -0.494 e. The van der Waals surface area contributed by atoms with Crippen molar-refractivity contribution in [2.75, 3.05) is 13.7 Å². The van der Waals surface area contributed by atoms with Crippen LogP contribution in [0, 0.1) is 18.3 Å². The van der Waals surface area contributed by atoms with Crippen molar-refractivity contribution in [3.05, 3.63) is 29.3 Å². The molecule has 2 heteroatoms. The SMILES string of the molecule is CCOc1ccc(C)cc1C(CC(C)CC(C)(C)C)NC. The zero-order valence-electron chi connectivity index (χ0n) is 14.9. The van der Waals surface area contributed by atoms with Crippen LogP contribution in [0.3, 0.4) is 0 Å². The molecular formula is C19H33NO. The highest BCUT2D eigenvalue weighted by Gasteiger charge is 2.21. The largest absolute Gasteiger partial charge is 0.494 e. The Bertz CT molecular complexity index is 434. The van der Waals surface area contributed by atoms with E-state index in [1.807, 2.05) is 14.0 Å². The summed E-state index contributed by atoms with van der Waals surface area (Å²) in [7, 11) is 2.05. The second kappa shape index (κ2) is 7.84. The van der Waals surface area contributed by atoms with Gasteiger partial charge in [-0.25, -0.2) is 0 Å². The number of nitrogens with one attached hydrogen (secondary N) is 1. The van der Waals surface area contributed by atoms with Crippen molar-refractivity contribution < 1.29 is 4.74 Å². The first-order valence-electron chi connectivity index (χ1n) is 8.17. The summed E-state index contributed by atoms with van der Waals surface area (Å²) in [5.74, 6) is 1.70. The van der Waals surface area contributed by atoms with Crippen LogP contribution < -0.4 is 10.1 Å². The first kappa shape index (κ1) is 18.0. The van der Waals surface area contributed by atoms with Crippen LogP contribution in [0.4, 0.5) is 0 Å². The standard InChI is InChI=1S/C19H33NO/c1-8-21-18-10-9-14(2)11-16(18)17(20-7)12-15(3)13-19(4,5)6/h9-11,15,17,20H,8,12-13H2,1-7H3. The molecule has 1 aromatic rings. The molecule has 0 heterocycles. The number of hydrogen-bond donors (Lipinski definition) is 1. The summed E-state index contributed by atoms with van der Waals surface area (Å²) in [5.41, 5.74) is 2.96. The lowest BCUT2D eigenvalue weighted by Gasteiger charge is -2.28. The maximum Gasteiger partial charge on any atom is 0.124 e. The highest BCUT2D eigenvalue weighted by atomic mass is 16.5. The van der Waals surface area contributed by atoms with E-state index in [1.54, 1.807) is 0 Å². The molecule has 0 aliphatic heterocycles. The van der Waals surface area contributed by atoms with Crippen LogP contribution in [-0.4, -0.2) is 13.7 Å². The van der Waals surface area contributed by atoms with Crippen LogP contribution in [0.15, 0.2) is 18.2 Å². The Morgan fingerprint density at radius 2 is 1.90 bits per heavy atom. The summed E-state index contributed by atoms with van der Waals surface area (Å²) >= 11 is 0. The lowest BCUT2D eigenvalue weighted by molar-refractivity contribution is 0.274. The van der Waals surface area contributed by atoms with Gasteiger partial charge in [-0.1, -0.05) is 45.4 Å². The first-order chi connectivity index (χ1) is 9.76. The zero-order valence-corrected chi connectivity index (χ0v) is 14.9. The Kier molecular flexibility index (Phi) is 6.73. The van der Waals surface area contributed by atoms with Gasteiger partial charge in [-0.2, -0.15) is 0 Å². The third kappa shape index (κ3) is 6.09. The minimum absolute atomic E-state index is 0.351. The molecule has 0 amide bonds. The summed E-state index contributed by atoms with van der Waals surface area (Å²) in [5, 5.41) is 3.48. The van der Waals surface area contributed by atoms with E-state index in [1.165, 1.54) is 17.5 Å². The van der Waals surface area contributed by atoms with Crippen LogP contribution in [0.2, 0.25) is 0 Å². The summed E-state index contributed by atoms with van der Waals surface area (Å²) in [4.78, 5) is 0. The molecule has 2 nitrogen and oxygen atoms in total. The number of benzene rings is 1. The van der Waals surface area contributed by atoms with Crippen LogP contribution >= 0.6 is 0 Å². The van der Waals surface area contributed by atoms with Crippen molar-refractivity contribution in [3.8, 4) is 5.75 Å². The summed E-state index contributed by atoms with van der Waals surface area (Å²) in [6, 6.07) is 6.84. The fourth-order valence-electron chi connectivity index (χ4n) is 3.16. The van der Waals surface area contributed by atoms with E-state index < -0.39 is 0 Å². The molecule has 0 fully saturated rings. The summed E-state index contributed by atoms with van der Waals surface area (Å²) in [6.45, 7) is 14.2. The maximum atomic E-state index is 5.82. The smallest absolute Gasteiger partial charge is 0.124 e. The van der Waals surface area contributed by atoms with Gasteiger partial charge in [0.1, 0.15) is 5.75 Å². The van der Waals surface area contributed by atoms with Gasteiger partial charge in [0.05, 0.1) is 6.61 Å². The Morgan fingerprint density at radius 3 is 2.43 bits per heavy atom. The predicted molar refractivity (Wildman–Crippen MR) is 92.0 cm³/mol. The molecule has 0 radical (unpaired) electrons. The van der Waals surface area contributed by atoms with Crippen molar-refractivity contribution in [1.82, 2.24) is 5.32 Å². The van der Waals surface area contributed by atoms with Gasteiger partial charge in [0, 0.05) is 11.6 Å². The molecule has 2 atom stereocenters. The highest BCUT2D eigenvalue weighted by molar-refractivity contribution is 5.39. The van der Waals surface area contributed by atoms with Crippen molar-refractivity contribution in [2.45, 2.75) is 60.4 Å². The molecule has 2 unspecified atom stereocenters. The second-order valence-corrected chi connectivity index (χ2v) is 7.42. The Hall–Kier alpha value is -1.02. The lowest BCUT2D eigenvalue weighted by atomic mass is 9.82. The molecule has 120 valence electrons. The molecule has 0 saturated heterocycles. The zero-order chi connectivity index (χ0) is 16.0. The average molecular weight is 291 g/mol. The van der Waals surface area contributed by atoms with Crippen LogP contribution in [0.1, 0.15) is 64.6 Å². The molecule has 1 N–H and O–H groups in total. The van der Waals surface area contributed by atoms with Gasteiger partial charge in [0.2, 0.25) is 0 Å². The number of hydrogen-bond acceptors (Lipinski definition) is 2. The highest BCUT2D eigenvalue weighted by Crippen LogP contribution is 2.34. The van der Waals surface area contributed by atoms with Gasteiger partial charge < -0.3 is 10.1 Å². The third-order valence-corrected chi connectivity index (χ3v) is 3.79. The van der Waals surface area contributed by atoms with E-state index in [0.717, 1.165) is 12.2 Å². The second-order valence-electron chi connectivity index (χ2n) is 7.42. The van der Waals surface area contributed by atoms with E-state index in [0.29, 0.717) is 24.0 Å². The molecule has 0 aliphatic carbocycles. The minimum atomic E-state index is 0.351. The third-order valence-electron chi connectivity index (χ3n) is 3.79. The van der Waals surface area contributed by atoms with Gasteiger partial charge in [-0.15, -0.1) is 0 Å². The van der Waals surface area contributed by atoms with Gasteiger partial charge in [-0.3, -0.25) is 0 Å². The van der Waals surface area contributed by atoms with E-state index in [9.17, 15) is 0 Å². The van der Waals surface area contributed by atoms with Crippen LogP contribution in [0.5, 0.6) is 5.75 Å². The quantitative estimate of drug-likeness (QED) is 0.753. The van der Waals surface area contributed by atoms with Crippen molar-refractivity contribution >= 4 is 0 Å². The molecular weight excluding hydrogens is 258 g/mol. The maximum absolute atomic E-state index is 5.82. The normalized spacial score (nSPS) is 14.8. The van der Waals surface area contributed by atoms with Gasteiger partial charge in [0.25, 0.3) is 0 Å². The fraction of sp³-hybridized carbons (Fsp3) is 0.684. The van der Waals surface area contributed by atoms with Crippen LogP contribution in [0.25, 0.3) is 0 Å².